The highest BCUT2D eigenvalue weighted by Crippen LogP contribution is 2.34. The van der Waals surface area contributed by atoms with Crippen LogP contribution in [0.25, 0.3) is 0 Å². The lowest BCUT2D eigenvalue weighted by molar-refractivity contribution is -0.140. The van der Waals surface area contributed by atoms with Crippen molar-refractivity contribution in [3.8, 4) is 0 Å². The van der Waals surface area contributed by atoms with Crippen LogP contribution in [0.1, 0.15) is 38.0 Å². The standard InChI is InChI=1S/C15H19F4NO4/c1-14(2,3)24-13(23)20-7-10(21)12(22)8-5-4-6-9(11(8)16)15(17,18)19/h4-6,10,12,21-22H,7H2,1-3H3,(H,20,23). The van der Waals surface area contributed by atoms with Gasteiger partial charge in [-0.15, -0.1) is 0 Å². The molecule has 3 N–H and O–H groups in total. The number of benzene rings is 1. The molecule has 0 aliphatic rings. The number of halogens is 4. The number of carbonyl (C=O) groups is 1. The largest absolute Gasteiger partial charge is 0.444 e. The van der Waals surface area contributed by atoms with Crippen LogP contribution >= 0.6 is 0 Å². The van der Waals surface area contributed by atoms with Gasteiger partial charge in [0.2, 0.25) is 0 Å². The number of hydrogen-bond acceptors (Lipinski definition) is 4. The number of aliphatic hydroxyl groups is 2. The maximum absolute atomic E-state index is 13.9. The zero-order chi connectivity index (χ0) is 18.7. The summed E-state index contributed by atoms with van der Waals surface area (Å²) >= 11 is 0. The van der Waals surface area contributed by atoms with Gasteiger partial charge in [0.15, 0.2) is 0 Å². The number of carbonyl (C=O) groups excluding carboxylic acids is 1. The Morgan fingerprint density at radius 3 is 2.33 bits per heavy atom. The number of hydrogen-bond donors (Lipinski definition) is 3. The molecule has 0 radical (unpaired) electrons. The smallest absolute Gasteiger partial charge is 0.419 e. The molecule has 9 heteroatoms. The molecule has 0 aromatic heterocycles. The van der Waals surface area contributed by atoms with Crippen molar-refractivity contribution in [1.29, 1.82) is 0 Å². The Morgan fingerprint density at radius 2 is 1.83 bits per heavy atom. The van der Waals surface area contributed by atoms with Crippen LogP contribution in [-0.2, 0) is 10.9 Å². The first-order chi connectivity index (χ1) is 10.8. The minimum atomic E-state index is -4.93. The Hall–Kier alpha value is -1.87. The van der Waals surface area contributed by atoms with Gasteiger partial charge in [0.1, 0.15) is 23.6 Å². The van der Waals surface area contributed by atoms with Crippen LogP contribution < -0.4 is 5.32 Å². The SMILES string of the molecule is CC(C)(C)OC(=O)NCC(O)C(O)c1cccc(C(F)(F)F)c1F. The van der Waals surface area contributed by atoms with Gasteiger partial charge in [-0.25, -0.2) is 9.18 Å². The van der Waals surface area contributed by atoms with Crippen molar-refractivity contribution in [3.05, 3.63) is 35.1 Å². The zero-order valence-electron chi connectivity index (χ0n) is 13.3. The number of ether oxygens (including phenoxy) is 1. The average molecular weight is 353 g/mol. The Bertz CT molecular complexity index is 584. The van der Waals surface area contributed by atoms with Crippen molar-refractivity contribution in [2.24, 2.45) is 0 Å². The summed E-state index contributed by atoms with van der Waals surface area (Å²) in [5.74, 6) is -1.67. The molecule has 2 unspecified atom stereocenters. The molecule has 0 fully saturated rings. The third-order valence-corrected chi connectivity index (χ3v) is 2.87. The first kappa shape index (κ1) is 20.2. The Labute approximate surface area is 136 Å². The molecule has 0 spiro atoms. The molecule has 2 atom stereocenters. The molecule has 1 aromatic rings. The molecule has 24 heavy (non-hydrogen) atoms. The third-order valence-electron chi connectivity index (χ3n) is 2.87. The number of alkyl halides is 3. The van der Waals surface area contributed by atoms with Crippen molar-refractivity contribution in [3.63, 3.8) is 0 Å². The van der Waals surface area contributed by atoms with E-state index in [1.165, 1.54) is 0 Å². The van der Waals surface area contributed by atoms with Crippen molar-refractivity contribution in [2.45, 2.75) is 44.8 Å². The maximum Gasteiger partial charge on any atom is 0.419 e. The van der Waals surface area contributed by atoms with Crippen LogP contribution in [0.15, 0.2) is 18.2 Å². The minimum Gasteiger partial charge on any atom is -0.444 e. The highest BCUT2D eigenvalue weighted by molar-refractivity contribution is 5.67. The summed E-state index contributed by atoms with van der Waals surface area (Å²) in [5.41, 5.74) is -3.06. The molecule has 1 amide bonds. The van der Waals surface area contributed by atoms with E-state index in [9.17, 15) is 32.6 Å². The first-order valence-electron chi connectivity index (χ1n) is 7.01. The summed E-state index contributed by atoms with van der Waals surface area (Å²) in [5, 5.41) is 21.8. The van der Waals surface area contributed by atoms with Crippen LogP contribution in [0.3, 0.4) is 0 Å². The van der Waals surface area contributed by atoms with Gasteiger partial charge in [-0.2, -0.15) is 13.2 Å². The fourth-order valence-electron chi connectivity index (χ4n) is 1.82. The summed E-state index contributed by atoms with van der Waals surface area (Å²) < 4.78 is 56.7. The van der Waals surface area contributed by atoms with Gasteiger partial charge >= 0.3 is 12.3 Å². The quantitative estimate of drug-likeness (QED) is 0.728. The topological polar surface area (TPSA) is 78.8 Å². The van der Waals surface area contributed by atoms with E-state index in [4.69, 9.17) is 4.74 Å². The lowest BCUT2D eigenvalue weighted by Gasteiger charge is -2.23. The number of aliphatic hydroxyl groups excluding tert-OH is 2. The molecule has 5 nitrogen and oxygen atoms in total. The van der Waals surface area contributed by atoms with E-state index in [2.05, 4.69) is 5.32 Å². The second-order valence-electron chi connectivity index (χ2n) is 6.10. The Morgan fingerprint density at radius 1 is 1.25 bits per heavy atom. The van der Waals surface area contributed by atoms with Crippen molar-refractivity contribution >= 4 is 6.09 Å². The lowest BCUT2D eigenvalue weighted by atomic mass is 10.0. The van der Waals surface area contributed by atoms with Gasteiger partial charge in [0, 0.05) is 12.1 Å². The van der Waals surface area contributed by atoms with Crippen molar-refractivity contribution in [2.75, 3.05) is 6.54 Å². The molecule has 0 saturated carbocycles. The van der Waals surface area contributed by atoms with Gasteiger partial charge < -0.3 is 20.3 Å². The van der Waals surface area contributed by atoms with Gasteiger partial charge in [0.05, 0.1) is 5.56 Å². The average Bonchev–Trinajstić information content (AvgIpc) is 2.41. The fourth-order valence-corrected chi connectivity index (χ4v) is 1.82. The molecule has 1 rings (SSSR count). The maximum atomic E-state index is 13.9. The number of rotatable bonds is 4. The van der Waals surface area contributed by atoms with E-state index in [0.29, 0.717) is 6.07 Å². The number of alkyl carbamates (subject to hydrolysis) is 1. The zero-order valence-corrected chi connectivity index (χ0v) is 13.3. The van der Waals surface area contributed by atoms with Gasteiger partial charge in [0.25, 0.3) is 0 Å². The van der Waals surface area contributed by atoms with Gasteiger partial charge in [-0.05, 0) is 26.8 Å². The van der Waals surface area contributed by atoms with E-state index >= 15 is 0 Å². The molecular weight excluding hydrogens is 334 g/mol. The van der Waals surface area contributed by atoms with Crippen LogP contribution in [0.5, 0.6) is 0 Å². The molecule has 0 aliphatic heterocycles. The number of amides is 1. The van der Waals surface area contributed by atoms with E-state index in [1.807, 2.05) is 0 Å². The second-order valence-corrected chi connectivity index (χ2v) is 6.10. The van der Waals surface area contributed by atoms with E-state index in [1.54, 1.807) is 20.8 Å². The molecule has 136 valence electrons. The van der Waals surface area contributed by atoms with E-state index in [0.717, 1.165) is 12.1 Å². The normalized spacial score (nSPS) is 14.9. The van der Waals surface area contributed by atoms with Crippen molar-refractivity contribution < 1.29 is 37.3 Å². The minimum absolute atomic E-state index is 0.525. The van der Waals surface area contributed by atoms with E-state index in [-0.39, 0.29) is 0 Å². The molecule has 0 aliphatic carbocycles. The van der Waals surface area contributed by atoms with Crippen LogP contribution in [0, 0.1) is 5.82 Å². The molecule has 0 saturated heterocycles. The van der Waals surface area contributed by atoms with Gasteiger partial charge in [-0.1, -0.05) is 12.1 Å². The summed E-state index contributed by atoms with van der Waals surface area (Å²) in [4.78, 5) is 11.4. The van der Waals surface area contributed by atoms with Crippen molar-refractivity contribution in [1.82, 2.24) is 5.32 Å². The van der Waals surface area contributed by atoms with Crippen LogP contribution in [-0.4, -0.2) is 34.6 Å². The molecular formula is C15H19F4NO4. The first-order valence-corrected chi connectivity index (χ1v) is 7.01. The Kier molecular flexibility index (Phi) is 6.18. The summed E-state index contributed by atoms with van der Waals surface area (Å²) in [6, 6.07) is 2.36. The third kappa shape index (κ3) is 5.64. The predicted octanol–water partition coefficient (Wildman–Crippen LogP) is 2.76. The fraction of sp³-hybridized carbons (Fsp3) is 0.533. The summed E-state index contributed by atoms with van der Waals surface area (Å²) in [6.45, 7) is 4.29. The highest BCUT2D eigenvalue weighted by atomic mass is 19.4. The van der Waals surface area contributed by atoms with Crippen LogP contribution in [0.2, 0.25) is 0 Å². The summed E-state index contributed by atoms with van der Waals surface area (Å²) in [7, 11) is 0. The lowest BCUT2D eigenvalue weighted by Crippen LogP contribution is -2.39. The van der Waals surface area contributed by atoms with Gasteiger partial charge in [-0.3, -0.25) is 0 Å². The monoisotopic (exact) mass is 353 g/mol. The molecule has 1 aromatic carbocycles. The molecule has 0 heterocycles. The highest BCUT2D eigenvalue weighted by Gasteiger charge is 2.36. The second kappa shape index (κ2) is 7.35. The summed E-state index contributed by atoms with van der Waals surface area (Å²) in [6.07, 6.45) is -9.50. The Balaban J connectivity index is 2.80. The molecule has 0 bridgehead atoms. The van der Waals surface area contributed by atoms with E-state index < -0.39 is 53.6 Å². The van der Waals surface area contributed by atoms with Crippen LogP contribution in [0.4, 0.5) is 22.4 Å². The predicted molar refractivity (Wildman–Crippen MR) is 76.6 cm³/mol. The number of nitrogens with one attached hydrogen (secondary N) is 1.